The molecular weight excluding hydrogens is 368 g/mol. The van der Waals surface area contributed by atoms with Gasteiger partial charge in [0.2, 0.25) is 6.10 Å². The molecule has 0 fully saturated rings. The summed E-state index contributed by atoms with van der Waals surface area (Å²) in [5, 5.41) is 3.33. The van der Waals surface area contributed by atoms with Crippen LogP contribution in [0.3, 0.4) is 0 Å². The van der Waals surface area contributed by atoms with Crippen LogP contribution in [0.2, 0.25) is 0 Å². The van der Waals surface area contributed by atoms with Crippen LogP contribution in [-0.2, 0) is 4.79 Å². The van der Waals surface area contributed by atoms with Crippen LogP contribution in [0.15, 0.2) is 36.4 Å². The number of para-hydroxylation sites is 2. The lowest BCUT2D eigenvalue weighted by Crippen LogP contribution is -2.46. The predicted molar refractivity (Wildman–Crippen MR) is 100 cm³/mol. The summed E-state index contributed by atoms with van der Waals surface area (Å²) in [6.07, 6.45) is -1.17. The van der Waals surface area contributed by atoms with E-state index < -0.39 is 12.2 Å². The first-order valence-electron chi connectivity index (χ1n) is 8.61. The number of aromatic nitrogens is 1. The topological polar surface area (TPSA) is 78.9 Å². The van der Waals surface area contributed by atoms with Gasteiger partial charge in [0, 0.05) is 12.1 Å². The highest BCUT2D eigenvalue weighted by molar-refractivity contribution is 7.22. The molecule has 138 valence electrons. The van der Waals surface area contributed by atoms with Gasteiger partial charge in [0.1, 0.15) is 19.3 Å². The summed E-state index contributed by atoms with van der Waals surface area (Å²) in [6, 6.07) is 11.0. The Hall–Kier alpha value is -3.00. The minimum Gasteiger partial charge on any atom is -0.486 e. The Balaban J connectivity index is 1.38. The van der Waals surface area contributed by atoms with E-state index in [1.165, 1.54) is 11.3 Å². The van der Waals surface area contributed by atoms with Gasteiger partial charge in [-0.15, -0.1) is 0 Å². The van der Waals surface area contributed by atoms with Crippen LogP contribution in [-0.4, -0.2) is 36.3 Å². The zero-order valence-corrected chi connectivity index (χ0v) is 15.2. The number of thiazole rings is 1. The molecule has 2 atom stereocenters. The minimum atomic E-state index is -0.758. The number of anilines is 1. The first-order chi connectivity index (χ1) is 13.2. The lowest BCUT2D eigenvalue weighted by molar-refractivity contribution is -0.128. The van der Waals surface area contributed by atoms with Gasteiger partial charge < -0.3 is 18.9 Å². The number of hydrogen-bond acceptors (Lipinski definition) is 7. The van der Waals surface area contributed by atoms with Crippen LogP contribution in [0.1, 0.15) is 6.92 Å². The van der Waals surface area contributed by atoms with E-state index >= 15 is 0 Å². The molecule has 1 aromatic heterocycles. The third-order valence-corrected chi connectivity index (χ3v) is 5.32. The number of nitrogens with zero attached hydrogens (tertiary/aromatic N) is 1. The van der Waals surface area contributed by atoms with E-state index in [9.17, 15) is 4.79 Å². The maximum atomic E-state index is 12.7. The van der Waals surface area contributed by atoms with Crippen LogP contribution in [0.25, 0.3) is 10.2 Å². The quantitative estimate of drug-likeness (QED) is 0.731. The molecule has 1 N–H and O–H groups in total. The lowest BCUT2D eigenvalue weighted by atomic mass is 10.1. The highest BCUT2D eigenvalue weighted by Crippen LogP contribution is 2.38. The smallest absolute Gasteiger partial charge is 0.271 e. The molecule has 8 heteroatoms. The second kappa shape index (κ2) is 6.31. The van der Waals surface area contributed by atoms with Crippen molar-refractivity contribution in [1.29, 1.82) is 0 Å². The molecule has 27 heavy (non-hydrogen) atoms. The third-order valence-electron chi connectivity index (χ3n) is 4.38. The monoisotopic (exact) mass is 384 g/mol. The molecular formula is C19H16N2O5S. The SMILES string of the molecule is CC1Oc2ccccc2OC1C(=O)Nc1nc2cc3c(cc2s1)OCCO3. The van der Waals surface area contributed by atoms with Crippen LogP contribution in [0.4, 0.5) is 5.13 Å². The molecule has 5 rings (SSSR count). The molecule has 2 unspecified atom stereocenters. The largest absolute Gasteiger partial charge is 0.486 e. The third kappa shape index (κ3) is 2.91. The predicted octanol–water partition coefficient (Wildman–Crippen LogP) is 3.23. The summed E-state index contributed by atoms with van der Waals surface area (Å²) in [5.74, 6) is 2.27. The molecule has 7 nitrogen and oxygen atoms in total. The second-order valence-corrected chi connectivity index (χ2v) is 7.31. The molecule has 1 amide bonds. The highest BCUT2D eigenvalue weighted by Gasteiger charge is 2.34. The fourth-order valence-corrected chi connectivity index (χ4v) is 3.98. The van der Waals surface area contributed by atoms with E-state index in [0.29, 0.717) is 41.3 Å². The fourth-order valence-electron chi connectivity index (χ4n) is 3.10. The lowest BCUT2D eigenvalue weighted by Gasteiger charge is -2.30. The maximum absolute atomic E-state index is 12.7. The van der Waals surface area contributed by atoms with Crippen LogP contribution in [0.5, 0.6) is 23.0 Å². The molecule has 3 aromatic rings. The summed E-state index contributed by atoms with van der Waals surface area (Å²) in [4.78, 5) is 17.2. The van der Waals surface area contributed by atoms with Crippen LogP contribution >= 0.6 is 11.3 Å². The number of amides is 1. The molecule has 2 aromatic carbocycles. The van der Waals surface area contributed by atoms with E-state index in [-0.39, 0.29) is 5.91 Å². The average Bonchev–Trinajstić information content (AvgIpc) is 3.06. The van der Waals surface area contributed by atoms with Crippen molar-refractivity contribution in [3.8, 4) is 23.0 Å². The standard InChI is InChI=1S/C19H16N2O5S/c1-10-17(26-13-5-3-2-4-12(13)25-10)18(22)21-19-20-11-8-14-15(9-16(11)27-19)24-7-6-23-14/h2-5,8-10,17H,6-7H2,1H3,(H,20,21,22). The molecule has 0 spiro atoms. The number of hydrogen-bond donors (Lipinski definition) is 1. The van der Waals surface area contributed by atoms with Crippen molar-refractivity contribution >= 4 is 32.6 Å². The Kier molecular flexibility index (Phi) is 3.78. The zero-order chi connectivity index (χ0) is 18.4. The van der Waals surface area contributed by atoms with Crippen molar-refractivity contribution in [2.45, 2.75) is 19.1 Å². The van der Waals surface area contributed by atoms with Crippen molar-refractivity contribution in [2.24, 2.45) is 0 Å². The van der Waals surface area contributed by atoms with Gasteiger partial charge in [-0.2, -0.15) is 0 Å². The van der Waals surface area contributed by atoms with Crippen molar-refractivity contribution < 1.29 is 23.7 Å². The normalized spacial score (nSPS) is 20.3. The second-order valence-electron chi connectivity index (χ2n) is 6.28. The molecule has 2 aliphatic heterocycles. The summed E-state index contributed by atoms with van der Waals surface area (Å²) in [7, 11) is 0. The Labute approximate surface area is 158 Å². The molecule has 0 aliphatic carbocycles. The van der Waals surface area contributed by atoms with E-state index in [1.807, 2.05) is 30.3 Å². The van der Waals surface area contributed by atoms with Crippen LogP contribution in [0, 0.1) is 0 Å². The Bertz CT molecular complexity index is 991. The van der Waals surface area contributed by atoms with Gasteiger partial charge in [-0.1, -0.05) is 23.5 Å². The number of ether oxygens (including phenoxy) is 4. The first-order valence-corrected chi connectivity index (χ1v) is 9.42. The summed E-state index contributed by atoms with van der Waals surface area (Å²) in [6.45, 7) is 2.85. The number of benzene rings is 2. The molecule has 2 aliphatic rings. The zero-order valence-electron chi connectivity index (χ0n) is 14.4. The number of fused-ring (bicyclic) bond motifs is 3. The number of carbonyl (C=O) groups is 1. The number of nitrogens with one attached hydrogen (secondary N) is 1. The van der Waals surface area contributed by atoms with E-state index in [0.717, 1.165) is 10.2 Å². The van der Waals surface area contributed by atoms with Crippen molar-refractivity contribution in [3.05, 3.63) is 36.4 Å². The minimum absolute atomic E-state index is 0.298. The van der Waals surface area contributed by atoms with Gasteiger partial charge in [0.05, 0.1) is 10.2 Å². The summed E-state index contributed by atoms with van der Waals surface area (Å²) < 4.78 is 23.7. The van der Waals surface area contributed by atoms with Crippen LogP contribution < -0.4 is 24.3 Å². The van der Waals surface area contributed by atoms with Gasteiger partial charge in [0.25, 0.3) is 5.91 Å². The van der Waals surface area contributed by atoms with E-state index in [1.54, 1.807) is 13.0 Å². The average molecular weight is 384 g/mol. The van der Waals surface area contributed by atoms with E-state index in [4.69, 9.17) is 18.9 Å². The van der Waals surface area contributed by atoms with Gasteiger partial charge in [-0.25, -0.2) is 4.98 Å². The Morgan fingerprint density at radius 3 is 2.56 bits per heavy atom. The Morgan fingerprint density at radius 2 is 1.78 bits per heavy atom. The first kappa shape index (κ1) is 16.2. The molecule has 3 heterocycles. The maximum Gasteiger partial charge on any atom is 0.271 e. The highest BCUT2D eigenvalue weighted by atomic mass is 32.1. The molecule has 0 saturated carbocycles. The summed E-state index contributed by atoms with van der Waals surface area (Å²) in [5.41, 5.74) is 0.749. The Morgan fingerprint density at radius 1 is 1.07 bits per heavy atom. The number of rotatable bonds is 2. The van der Waals surface area contributed by atoms with Gasteiger partial charge in [-0.05, 0) is 19.1 Å². The molecule has 0 saturated heterocycles. The van der Waals surface area contributed by atoms with Gasteiger partial charge >= 0.3 is 0 Å². The van der Waals surface area contributed by atoms with Crippen molar-refractivity contribution in [3.63, 3.8) is 0 Å². The van der Waals surface area contributed by atoms with Gasteiger partial charge in [-0.3, -0.25) is 10.1 Å². The molecule has 0 bridgehead atoms. The molecule has 0 radical (unpaired) electrons. The van der Waals surface area contributed by atoms with E-state index in [2.05, 4.69) is 10.3 Å². The van der Waals surface area contributed by atoms with Crippen molar-refractivity contribution in [1.82, 2.24) is 4.98 Å². The van der Waals surface area contributed by atoms with Crippen molar-refractivity contribution in [2.75, 3.05) is 18.5 Å². The fraction of sp³-hybridized carbons (Fsp3) is 0.263. The summed E-state index contributed by atoms with van der Waals surface area (Å²) >= 11 is 1.37. The number of carbonyl (C=O) groups excluding carboxylic acids is 1. The van der Waals surface area contributed by atoms with Gasteiger partial charge in [0.15, 0.2) is 28.1 Å².